The van der Waals surface area contributed by atoms with E-state index in [1.54, 1.807) is 12.1 Å². The Hall–Kier alpha value is -3.20. The lowest BCUT2D eigenvalue weighted by Crippen LogP contribution is -2.45. The van der Waals surface area contributed by atoms with Crippen LogP contribution in [0.1, 0.15) is 48.8 Å². The summed E-state index contributed by atoms with van der Waals surface area (Å²) in [4.78, 5) is 13.8. The van der Waals surface area contributed by atoms with Crippen molar-refractivity contribution in [1.29, 1.82) is 0 Å². The Morgan fingerprint density at radius 2 is 1.77 bits per heavy atom. The number of ketones is 1. The Balaban J connectivity index is 1.22. The molecular formula is C31H33NO6S. The maximum absolute atomic E-state index is 13.5. The van der Waals surface area contributed by atoms with Gasteiger partial charge in [0.25, 0.3) is 0 Å². The molecule has 1 saturated carbocycles. The van der Waals surface area contributed by atoms with Gasteiger partial charge < -0.3 is 14.6 Å². The molecule has 1 atom stereocenters. The van der Waals surface area contributed by atoms with Gasteiger partial charge in [0.1, 0.15) is 5.78 Å². The number of nitrogens with zero attached hydrogens (tertiary/aromatic N) is 1. The number of rotatable bonds is 8. The highest BCUT2D eigenvalue weighted by molar-refractivity contribution is 7.89. The topological polar surface area (TPSA) is 93.1 Å². The van der Waals surface area contributed by atoms with Crippen molar-refractivity contribution in [2.45, 2.75) is 61.8 Å². The van der Waals surface area contributed by atoms with Crippen LogP contribution in [0.2, 0.25) is 0 Å². The summed E-state index contributed by atoms with van der Waals surface area (Å²) in [5.74, 6) is 1.60. The van der Waals surface area contributed by atoms with Crippen LogP contribution in [-0.4, -0.2) is 49.6 Å². The number of carbonyl (C=O) groups excluding carboxylic acids is 1. The Morgan fingerprint density at radius 3 is 2.51 bits per heavy atom. The second-order valence-electron chi connectivity index (χ2n) is 10.9. The van der Waals surface area contributed by atoms with E-state index in [9.17, 15) is 18.3 Å². The molecule has 7 nitrogen and oxygen atoms in total. The van der Waals surface area contributed by atoms with Crippen molar-refractivity contribution < 1.29 is 27.8 Å². The Morgan fingerprint density at radius 1 is 1.00 bits per heavy atom. The molecule has 204 valence electrons. The quantitative estimate of drug-likeness (QED) is 0.437. The van der Waals surface area contributed by atoms with Crippen LogP contribution >= 0.6 is 0 Å². The van der Waals surface area contributed by atoms with Crippen LogP contribution in [0.25, 0.3) is 11.1 Å². The smallest absolute Gasteiger partial charge is 0.243 e. The fraction of sp³-hybridized carbons (Fsp3) is 0.387. The summed E-state index contributed by atoms with van der Waals surface area (Å²) >= 11 is 0. The van der Waals surface area contributed by atoms with Gasteiger partial charge in [-0.3, -0.25) is 4.79 Å². The molecule has 1 N–H and O–H groups in total. The predicted molar refractivity (Wildman–Crippen MR) is 147 cm³/mol. The van der Waals surface area contributed by atoms with E-state index in [0.29, 0.717) is 30.9 Å². The molecule has 0 spiro atoms. The summed E-state index contributed by atoms with van der Waals surface area (Å²) < 4.78 is 39.0. The molecule has 2 heterocycles. The maximum Gasteiger partial charge on any atom is 0.243 e. The number of aliphatic hydroxyl groups is 1. The summed E-state index contributed by atoms with van der Waals surface area (Å²) in [6, 6.07) is 18.4. The highest BCUT2D eigenvalue weighted by Crippen LogP contribution is 2.51. The van der Waals surface area contributed by atoms with E-state index in [2.05, 4.69) is 0 Å². The molecule has 0 aromatic heterocycles. The molecule has 1 aliphatic carbocycles. The summed E-state index contributed by atoms with van der Waals surface area (Å²) in [5, 5.41) is 9.70. The first-order chi connectivity index (χ1) is 18.8. The number of fused-ring (bicyclic) bond motifs is 1. The van der Waals surface area contributed by atoms with Crippen LogP contribution in [0.3, 0.4) is 0 Å². The lowest BCUT2D eigenvalue weighted by Gasteiger charge is -2.33. The monoisotopic (exact) mass is 547 g/mol. The fourth-order valence-corrected chi connectivity index (χ4v) is 7.59. The average Bonchev–Trinajstić information content (AvgIpc) is 3.64. The third kappa shape index (κ3) is 4.75. The number of aliphatic hydroxyl groups excluding tert-OH is 1. The number of carbonyl (C=O) groups is 1. The molecule has 0 bridgehead atoms. The molecule has 39 heavy (non-hydrogen) atoms. The van der Waals surface area contributed by atoms with Gasteiger partial charge >= 0.3 is 0 Å². The molecule has 0 amide bonds. The summed E-state index contributed by atoms with van der Waals surface area (Å²) in [5.41, 5.74) is 4.37. The fourth-order valence-electron chi connectivity index (χ4n) is 5.91. The summed E-state index contributed by atoms with van der Waals surface area (Å²) in [6.45, 7) is 2.48. The van der Waals surface area contributed by atoms with E-state index in [-0.39, 0.29) is 30.1 Å². The minimum Gasteiger partial charge on any atom is -0.454 e. The number of hydrogen-bond acceptors (Lipinski definition) is 6. The van der Waals surface area contributed by atoms with Crippen LogP contribution in [0, 0.1) is 6.92 Å². The van der Waals surface area contributed by atoms with E-state index in [0.717, 1.165) is 53.5 Å². The lowest BCUT2D eigenvalue weighted by molar-refractivity contribution is -0.120. The molecule has 6 rings (SSSR count). The molecule has 3 aliphatic rings. The van der Waals surface area contributed by atoms with Crippen LogP contribution in [0.15, 0.2) is 65.6 Å². The van der Waals surface area contributed by atoms with E-state index >= 15 is 0 Å². The zero-order valence-electron chi connectivity index (χ0n) is 22.1. The first kappa shape index (κ1) is 26.0. The van der Waals surface area contributed by atoms with Gasteiger partial charge in [0.05, 0.1) is 16.9 Å². The van der Waals surface area contributed by atoms with E-state index < -0.39 is 15.4 Å². The molecule has 8 heteroatoms. The Labute approximate surface area is 229 Å². The first-order valence-corrected chi connectivity index (χ1v) is 15.0. The zero-order chi connectivity index (χ0) is 27.2. The molecule has 2 fully saturated rings. The molecule has 1 unspecified atom stereocenters. The number of ether oxygens (including phenoxy) is 2. The van der Waals surface area contributed by atoms with Crippen molar-refractivity contribution in [3.8, 4) is 22.6 Å². The summed E-state index contributed by atoms with van der Waals surface area (Å²) in [7, 11) is -3.68. The van der Waals surface area contributed by atoms with Crippen LogP contribution in [-0.2, 0) is 26.7 Å². The van der Waals surface area contributed by atoms with Gasteiger partial charge in [0, 0.05) is 19.0 Å². The minimum atomic E-state index is -3.68. The van der Waals surface area contributed by atoms with Gasteiger partial charge in [-0.05, 0) is 84.7 Å². The van der Waals surface area contributed by atoms with Crippen molar-refractivity contribution in [2.75, 3.05) is 19.9 Å². The van der Waals surface area contributed by atoms with Crippen LogP contribution < -0.4 is 9.47 Å². The second kappa shape index (κ2) is 10.1. The number of Topliss-reactive ketones (excluding diaryl/α,β-unsaturated/α-hetero) is 1. The number of hydrogen-bond donors (Lipinski definition) is 1. The number of sulfonamides is 1. The van der Waals surface area contributed by atoms with Crippen LogP contribution in [0.5, 0.6) is 11.5 Å². The van der Waals surface area contributed by atoms with Crippen LogP contribution in [0.4, 0.5) is 0 Å². The number of aryl methyl sites for hydroxylation is 1. The van der Waals surface area contributed by atoms with Crippen molar-refractivity contribution in [1.82, 2.24) is 4.31 Å². The lowest BCUT2D eigenvalue weighted by atomic mass is 9.87. The highest BCUT2D eigenvalue weighted by Gasteiger charge is 2.50. The van der Waals surface area contributed by atoms with Gasteiger partial charge in [-0.2, -0.15) is 4.31 Å². The SMILES string of the molecule is Cc1ccc(CC(=O)C2(c3ccc4c(c3)OCO4)CC2)cc1-c1ccc(S(=O)(=O)N2CCCCC2CO)cc1. The van der Waals surface area contributed by atoms with Gasteiger partial charge in [-0.25, -0.2) is 8.42 Å². The third-order valence-corrected chi connectivity index (χ3v) is 10.4. The molecule has 2 aliphatic heterocycles. The minimum absolute atomic E-state index is 0.169. The number of benzene rings is 3. The van der Waals surface area contributed by atoms with Crippen molar-refractivity contribution in [3.63, 3.8) is 0 Å². The molecule has 3 aromatic carbocycles. The molecular weight excluding hydrogens is 514 g/mol. The van der Waals surface area contributed by atoms with E-state index in [1.807, 2.05) is 55.5 Å². The largest absolute Gasteiger partial charge is 0.454 e. The molecule has 3 aromatic rings. The second-order valence-corrected chi connectivity index (χ2v) is 12.8. The number of piperidine rings is 1. The Kier molecular flexibility index (Phi) is 6.73. The van der Waals surface area contributed by atoms with Gasteiger partial charge in [0.15, 0.2) is 11.5 Å². The van der Waals surface area contributed by atoms with Gasteiger partial charge in [-0.1, -0.05) is 42.8 Å². The summed E-state index contributed by atoms with van der Waals surface area (Å²) in [6.07, 6.45) is 4.38. The van der Waals surface area contributed by atoms with Gasteiger partial charge in [-0.15, -0.1) is 0 Å². The van der Waals surface area contributed by atoms with E-state index in [1.165, 1.54) is 4.31 Å². The maximum atomic E-state index is 13.5. The average molecular weight is 548 g/mol. The van der Waals surface area contributed by atoms with Crippen molar-refractivity contribution >= 4 is 15.8 Å². The normalized spacial score (nSPS) is 20.1. The Bertz CT molecular complexity index is 1510. The zero-order valence-corrected chi connectivity index (χ0v) is 22.9. The predicted octanol–water partition coefficient (Wildman–Crippen LogP) is 4.77. The standard InChI is InChI=1S/C31H33NO6S/c1-21-5-6-22(17-30(34)31(13-14-31)24-9-12-28-29(18-24)38-20-37-28)16-27(21)23-7-10-26(11-8-23)39(35,36)32-15-3-2-4-25(32)19-33/h5-12,16,18,25,33H,2-4,13-15,17,19-20H2,1H3. The first-order valence-electron chi connectivity index (χ1n) is 13.6. The van der Waals surface area contributed by atoms with Crippen molar-refractivity contribution in [3.05, 3.63) is 77.4 Å². The highest BCUT2D eigenvalue weighted by atomic mass is 32.2. The van der Waals surface area contributed by atoms with Gasteiger partial charge in [0.2, 0.25) is 16.8 Å². The third-order valence-electron chi connectivity index (χ3n) is 8.43. The molecule has 1 saturated heterocycles. The van der Waals surface area contributed by atoms with Crippen molar-refractivity contribution in [2.24, 2.45) is 0 Å². The van der Waals surface area contributed by atoms with E-state index in [4.69, 9.17) is 9.47 Å². The molecule has 0 radical (unpaired) electrons.